The van der Waals surface area contributed by atoms with Crippen LogP contribution in [0, 0.1) is 0 Å². The molecule has 0 bridgehead atoms. The fourth-order valence-corrected chi connectivity index (χ4v) is 5.24. The Balaban J connectivity index is 1.36. The van der Waals surface area contributed by atoms with Crippen LogP contribution >= 0.6 is 0 Å². The van der Waals surface area contributed by atoms with Crippen LogP contribution in [0.25, 0.3) is 100 Å². The van der Waals surface area contributed by atoms with Crippen LogP contribution < -0.4 is 0 Å². The van der Waals surface area contributed by atoms with E-state index in [0.29, 0.717) is 0 Å². The topological polar surface area (TPSA) is 65.0 Å². The molecule has 10 aromatic rings. The molecule has 0 aliphatic rings. The standard InChI is InChI=1S/C45H27N3O2/c1-3-11-28(12-4-1)29-21-23-31(24-22-29)43-46-44(48-45(47-43)37-18-9-17-35-34-15-7-8-19-38(34)50-42(35)37)32-25-26-36-40(27-32)49-39-20-10-16-33(41(36)39)30-13-5-2-6-14-30/h1-27H/i1D,2D,3D,4D,5D,6D,7D,8D,9D,10D,11D,12D,13D,14D,15D,16D,17D,18D,19D,20D,21D,22D,23D,24D,25D,26D,27D. The molecule has 0 amide bonds. The number of nitrogens with zero attached hydrogens (tertiary/aromatic N) is 3. The zero-order chi connectivity index (χ0) is 56.5. The van der Waals surface area contributed by atoms with Crippen molar-refractivity contribution < 1.29 is 45.8 Å². The minimum Gasteiger partial charge on any atom is -0.456 e. The van der Waals surface area contributed by atoms with Crippen molar-refractivity contribution in [3.8, 4) is 56.4 Å². The van der Waals surface area contributed by atoms with Crippen LogP contribution in [-0.4, -0.2) is 15.0 Å². The summed E-state index contributed by atoms with van der Waals surface area (Å²) in [7, 11) is 0. The molecular formula is C45H27N3O2. The zero-order valence-corrected chi connectivity index (χ0v) is 24.7. The van der Waals surface area contributed by atoms with Gasteiger partial charge in [-0.25, -0.2) is 15.0 Å². The summed E-state index contributed by atoms with van der Waals surface area (Å²) in [4.78, 5) is 13.2. The maximum Gasteiger partial charge on any atom is 0.167 e. The first-order valence-electron chi connectivity index (χ1n) is 27.9. The van der Waals surface area contributed by atoms with Gasteiger partial charge in [0.05, 0.1) is 42.6 Å². The second-order valence-electron chi connectivity index (χ2n) is 10.3. The van der Waals surface area contributed by atoms with Gasteiger partial charge in [0.25, 0.3) is 0 Å². The Hall–Kier alpha value is -6.85. The third-order valence-electron chi connectivity index (χ3n) is 7.44. The van der Waals surface area contributed by atoms with Gasteiger partial charge in [-0.3, -0.25) is 0 Å². The van der Waals surface area contributed by atoms with Gasteiger partial charge in [-0.15, -0.1) is 0 Å². The predicted molar refractivity (Wildman–Crippen MR) is 202 cm³/mol. The highest BCUT2D eigenvalue weighted by molar-refractivity contribution is 6.13. The van der Waals surface area contributed by atoms with Crippen molar-refractivity contribution in [1.82, 2.24) is 15.0 Å². The number of furan rings is 2. The molecule has 7 aromatic carbocycles. The lowest BCUT2D eigenvalue weighted by molar-refractivity contribution is 0.668. The molecule has 0 saturated carbocycles. The van der Waals surface area contributed by atoms with Crippen LogP contribution in [0.1, 0.15) is 37.0 Å². The molecule has 3 heterocycles. The molecule has 5 heteroatoms. The van der Waals surface area contributed by atoms with Gasteiger partial charge >= 0.3 is 0 Å². The van der Waals surface area contributed by atoms with E-state index < -0.39 is 263 Å². The Labute approximate surface area is 325 Å². The van der Waals surface area contributed by atoms with Gasteiger partial charge in [-0.05, 0) is 52.5 Å². The number of rotatable bonds is 5. The van der Waals surface area contributed by atoms with E-state index in [0.717, 1.165) is 0 Å². The lowest BCUT2D eigenvalue weighted by atomic mass is 9.99. The first-order chi connectivity index (χ1) is 36.0. The van der Waals surface area contributed by atoms with E-state index in [2.05, 4.69) is 15.0 Å². The van der Waals surface area contributed by atoms with Crippen molar-refractivity contribution in [3.63, 3.8) is 0 Å². The number of aromatic nitrogens is 3. The Kier molecular flexibility index (Phi) is 2.79. The van der Waals surface area contributed by atoms with Crippen molar-refractivity contribution in [1.29, 1.82) is 0 Å². The van der Waals surface area contributed by atoms with Gasteiger partial charge < -0.3 is 8.83 Å². The zero-order valence-electron chi connectivity index (χ0n) is 51.7. The van der Waals surface area contributed by atoms with E-state index in [1.807, 2.05) is 0 Å². The lowest BCUT2D eigenvalue weighted by Gasteiger charge is -2.09. The molecule has 3 aromatic heterocycles. The molecule has 0 atom stereocenters. The molecule has 0 fully saturated rings. The van der Waals surface area contributed by atoms with E-state index in [4.69, 9.17) is 39.0 Å². The van der Waals surface area contributed by atoms with Crippen LogP contribution in [0.4, 0.5) is 0 Å². The summed E-state index contributed by atoms with van der Waals surface area (Å²) in [6.45, 7) is 0. The molecule has 0 radical (unpaired) electrons. The van der Waals surface area contributed by atoms with Crippen molar-refractivity contribution in [2.75, 3.05) is 0 Å². The Morgan fingerprint density at radius 2 is 0.940 bits per heavy atom. The van der Waals surface area contributed by atoms with Crippen LogP contribution in [0.5, 0.6) is 0 Å². The highest BCUT2D eigenvalue weighted by Gasteiger charge is 2.19. The monoisotopic (exact) mass is 668 g/mol. The molecule has 0 saturated heterocycles. The Morgan fingerprint density at radius 1 is 0.360 bits per heavy atom. The molecule has 5 nitrogen and oxygen atoms in total. The van der Waals surface area contributed by atoms with Crippen LogP contribution in [-0.2, 0) is 0 Å². The third kappa shape index (κ3) is 4.67. The van der Waals surface area contributed by atoms with Crippen molar-refractivity contribution in [2.24, 2.45) is 0 Å². The van der Waals surface area contributed by atoms with Gasteiger partial charge in [0.1, 0.15) is 22.3 Å². The van der Waals surface area contributed by atoms with E-state index in [1.54, 1.807) is 0 Å². The molecule has 10 rings (SSSR count). The number of benzene rings is 7. The normalized spacial score (nSPS) is 19.2. The Morgan fingerprint density at radius 3 is 1.76 bits per heavy atom. The summed E-state index contributed by atoms with van der Waals surface area (Å²) >= 11 is 0. The van der Waals surface area contributed by atoms with Crippen LogP contribution in [0.3, 0.4) is 0 Å². The maximum atomic E-state index is 9.58. The maximum absolute atomic E-state index is 9.58. The SMILES string of the molecule is [2H]c1c([2H])c([2H])c(-c2c([2H])c([2H])c(-c3nc(-c4c([2H])c([2H])c5c(oc6c([2H])c([2H])c([2H])c(-c7c([2H])c([2H])c([2H])c([2H])c7[2H])c65)c4[2H])nc(-c4c([2H])c([2H])c([2H])c5c4oc4c([2H])c([2H])c([2H])c([2H])c45)n3)c([2H])c2[2H])c([2H])c1[2H]. The lowest BCUT2D eigenvalue weighted by Crippen LogP contribution is -2.00. The second kappa shape index (κ2) is 11.4. The van der Waals surface area contributed by atoms with Gasteiger partial charge in [-0.1, -0.05) is 133 Å². The minimum atomic E-state index is -1.02. The summed E-state index contributed by atoms with van der Waals surface area (Å²) in [6.07, 6.45) is 0. The number of hydrogen-bond acceptors (Lipinski definition) is 5. The third-order valence-corrected chi connectivity index (χ3v) is 7.44. The smallest absolute Gasteiger partial charge is 0.167 e. The van der Waals surface area contributed by atoms with E-state index in [9.17, 15) is 6.85 Å². The highest BCUT2D eigenvalue weighted by Crippen LogP contribution is 2.39. The van der Waals surface area contributed by atoms with Crippen LogP contribution in [0.2, 0.25) is 0 Å². The van der Waals surface area contributed by atoms with Crippen LogP contribution in [0.15, 0.2) is 172 Å². The van der Waals surface area contributed by atoms with Crippen molar-refractivity contribution in [3.05, 3.63) is 163 Å². The molecule has 0 aliphatic heterocycles. The summed E-state index contributed by atoms with van der Waals surface area (Å²) in [5, 5.41) is -1.84. The molecule has 50 heavy (non-hydrogen) atoms. The molecular weight excluding hydrogens is 615 g/mol. The summed E-state index contributed by atoms with van der Waals surface area (Å²) in [5.41, 5.74) is -7.39. The Bertz CT molecular complexity index is 4350. The van der Waals surface area contributed by atoms with Gasteiger partial charge in [0.15, 0.2) is 17.5 Å². The first-order valence-corrected chi connectivity index (χ1v) is 14.4. The molecule has 0 spiro atoms. The summed E-state index contributed by atoms with van der Waals surface area (Å²) < 4.78 is 248. The predicted octanol–water partition coefficient (Wildman–Crippen LogP) is 12.0. The van der Waals surface area contributed by atoms with Gasteiger partial charge in [0, 0.05) is 32.7 Å². The highest BCUT2D eigenvalue weighted by atomic mass is 16.3. The number of para-hydroxylation sites is 2. The fourth-order valence-electron chi connectivity index (χ4n) is 5.24. The van der Waals surface area contributed by atoms with E-state index in [-0.39, 0.29) is 0 Å². The quantitative estimate of drug-likeness (QED) is 0.183. The molecule has 0 N–H and O–H groups in total. The first kappa shape index (κ1) is 12.2. The fraction of sp³-hybridized carbons (Fsp3) is 0. The number of fused-ring (bicyclic) bond motifs is 6. The minimum absolute atomic E-state index is 0.400. The van der Waals surface area contributed by atoms with E-state index in [1.165, 1.54) is 0 Å². The van der Waals surface area contributed by atoms with E-state index >= 15 is 0 Å². The summed E-state index contributed by atoms with van der Waals surface area (Å²) in [6, 6.07) is -23.4. The average Bonchev–Trinajstić information content (AvgIpc) is 4.26. The van der Waals surface area contributed by atoms with Gasteiger partial charge in [-0.2, -0.15) is 0 Å². The van der Waals surface area contributed by atoms with Crippen molar-refractivity contribution >= 4 is 43.9 Å². The van der Waals surface area contributed by atoms with Crippen molar-refractivity contribution in [2.45, 2.75) is 0 Å². The van der Waals surface area contributed by atoms with Gasteiger partial charge in [0.2, 0.25) is 0 Å². The molecule has 0 unspecified atom stereocenters. The number of hydrogen-bond donors (Lipinski definition) is 0. The summed E-state index contributed by atoms with van der Waals surface area (Å²) in [5.74, 6) is -2.57. The average molecular weight is 669 g/mol. The molecule has 0 aliphatic carbocycles. The second-order valence-corrected chi connectivity index (χ2v) is 10.3. The largest absolute Gasteiger partial charge is 0.456 e. The molecule has 234 valence electrons.